The number of alkyl halides is 3. The van der Waals surface area contributed by atoms with Crippen LogP contribution in [0.2, 0.25) is 0 Å². The maximum Gasteiger partial charge on any atom is 0.411 e. The zero-order valence-electron chi connectivity index (χ0n) is 7.31. The largest absolute Gasteiger partial charge is 0.411 e. The van der Waals surface area contributed by atoms with Gasteiger partial charge in [0, 0.05) is 0 Å². The van der Waals surface area contributed by atoms with Crippen LogP contribution in [0.15, 0.2) is 0 Å². The monoisotopic (exact) mass is 194 g/mol. The molecule has 0 amide bonds. The maximum atomic E-state index is 11.8. The van der Waals surface area contributed by atoms with Crippen LogP contribution in [0.4, 0.5) is 13.2 Å². The third-order valence-corrected chi connectivity index (χ3v) is 3.13. The maximum absolute atomic E-state index is 11.8. The van der Waals surface area contributed by atoms with Gasteiger partial charge in [-0.25, -0.2) is 0 Å². The highest BCUT2D eigenvalue weighted by Crippen LogP contribution is 2.46. The fraction of sp³-hybridized carbons (Fsp3) is 1.00. The number of ether oxygens (including phenoxy) is 1. The van der Waals surface area contributed by atoms with Gasteiger partial charge in [-0.15, -0.1) is 0 Å². The predicted octanol–water partition coefficient (Wildman–Crippen LogP) is 2.75. The lowest BCUT2D eigenvalue weighted by molar-refractivity contribution is -0.189. The van der Waals surface area contributed by atoms with Crippen LogP contribution < -0.4 is 0 Å². The first-order valence-corrected chi connectivity index (χ1v) is 4.73. The average molecular weight is 194 g/mol. The molecule has 13 heavy (non-hydrogen) atoms. The van der Waals surface area contributed by atoms with E-state index in [-0.39, 0.29) is 6.10 Å². The van der Waals surface area contributed by atoms with Crippen molar-refractivity contribution >= 4 is 0 Å². The normalized spacial score (nSPS) is 38.5. The first-order chi connectivity index (χ1) is 6.04. The first-order valence-electron chi connectivity index (χ1n) is 4.73. The highest BCUT2D eigenvalue weighted by Gasteiger charge is 2.41. The van der Waals surface area contributed by atoms with Crippen molar-refractivity contribution in [3.63, 3.8) is 0 Å². The molecule has 2 bridgehead atoms. The summed E-state index contributed by atoms with van der Waals surface area (Å²) in [5.41, 5.74) is 0. The van der Waals surface area contributed by atoms with E-state index in [1.165, 1.54) is 6.42 Å². The molecule has 2 fully saturated rings. The van der Waals surface area contributed by atoms with Crippen molar-refractivity contribution in [2.24, 2.45) is 11.8 Å². The first kappa shape index (κ1) is 9.31. The van der Waals surface area contributed by atoms with Crippen molar-refractivity contribution in [3.05, 3.63) is 0 Å². The van der Waals surface area contributed by atoms with Gasteiger partial charge in [-0.3, -0.25) is 0 Å². The summed E-state index contributed by atoms with van der Waals surface area (Å²) < 4.78 is 40.4. The fourth-order valence-corrected chi connectivity index (χ4v) is 2.59. The van der Waals surface area contributed by atoms with E-state index in [2.05, 4.69) is 0 Å². The second kappa shape index (κ2) is 3.15. The minimum absolute atomic E-state index is 0.111. The zero-order chi connectivity index (χ0) is 9.47. The van der Waals surface area contributed by atoms with Gasteiger partial charge in [0.05, 0.1) is 6.10 Å². The van der Waals surface area contributed by atoms with Gasteiger partial charge in [0.2, 0.25) is 0 Å². The van der Waals surface area contributed by atoms with E-state index < -0.39 is 12.8 Å². The molecule has 0 saturated heterocycles. The van der Waals surface area contributed by atoms with Gasteiger partial charge in [0.25, 0.3) is 0 Å². The molecule has 4 heteroatoms. The standard InChI is InChI=1S/C9H13F3O/c10-9(11,12)5-13-8-4-6-1-2-7(8)3-6/h6-8H,1-5H2. The third kappa shape index (κ3) is 2.16. The summed E-state index contributed by atoms with van der Waals surface area (Å²) in [5, 5.41) is 0. The molecule has 0 N–H and O–H groups in total. The lowest BCUT2D eigenvalue weighted by atomic mass is 9.98. The molecule has 3 unspecified atom stereocenters. The van der Waals surface area contributed by atoms with E-state index in [1.54, 1.807) is 0 Å². The molecule has 0 aromatic carbocycles. The highest BCUT2D eigenvalue weighted by molar-refractivity contribution is 4.90. The lowest BCUT2D eigenvalue weighted by Gasteiger charge is -2.22. The second-order valence-corrected chi connectivity index (χ2v) is 4.14. The topological polar surface area (TPSA) is 9.23 Å². The second-order valence-electron chi connectivity index (χ2n) is 4.14. The van der Waals surface area contributed by atoms with Crippen molar-refractivity contribution in [1.29, 1.82) is 0 Å². The van der Waals surface area contributed by atoms with Crippen LogP contribution in [0.3, 0.4) is 0 Å². The molecule has 0 spiro atoms. The van der Waals surface area contributed by atoms with E-state index in [4.69, 9.17) is 4.74 Å². The quantitative estimate of drug-likeness (QED) is 0.656. The Bertz CT molecular complexity index is 190. The Morgan fingerprint density at radius 3 is 2.38 bits per heavy atom. The summed E-state index contributed by atoms with van der Waals surface area (Å²) in [6.07, 6.45) is -0.0881. The van der Waals surface area contributed by atoms with Crippen molar-refractivity contribution < 1.29 is 17.9 Å². The van der Waals surface area contributed by atoms with Crippen molar-refractivity contribution in [2.75, 3.05) is 6.61 Å². The van der Waals surface area contributed by atoms with Crippen LogP contribution in [-0.4, -0.2) is 18.9 Å². The van der Waals surface area contributed by atoms with E-state index >= 15 is 0 Å². The summed E-state index contributed by atoms with van der Waals surface area (Å²) in [6.45, 7) is -1.07. The van der Waals surface area contributed by atoms with Crippen LogP contribution in [0, 0.1) is 11.8 Å². The molecule has 76 valence electrons. The summed E-state index contributed by atoms with van der Waals surface area (Å²) in [5.74, 6) is 1.05. The number of hydrogen-bond donors (Lipinski definition) is 0. The highest BCUT2D eigenvalue weighted by atomic mass is 19.4. The van der Waals surface area contributed by atoms with E-state index in [1.807, 2.05) is 0 Å². The molecule has 0 heterocycles. The Morgan fingerprint density at radius 1 is 1.15 bits per heavy atom. The Balaban J connectivity index is 1.78. The molecule has 2 rings (SSSR count). The summed E-state index contributed by atoms with van der Waals surface area (Å²) in [4.78, 5) is 0. The third-order valence-electron chi connectivity index (χ3n) is 3.13. The van der Waals surface area contributed by atoms with Gasteiger partial charge in [0.1, 0.15) is 6.61 Å². The summed E-state index contributed by atoms with van der Waals surface area (Å²) in [6, 6.07) is 0. The Hall–Kier alpha value is -0.250. The van der Waals surface area contributed by atoms with Crippen molar-refractivity contribution in [1.82, 2.24) is 0 Å². The molecular formula is C9H13F3O. The Kier molecular flexibility index (Phi) is 2.26. The van der Waals surface area contributed by atoms with E-state index in [9.17, 15) is 13.2 Å². The number of halogens is 3. The molecular weight excluding hydrogens is 181 g/mol. The van der Waals surface area contributed by atoms with Crippen molar-refractivity contribution in [3.8, 4) is 0 Å². The molecule has 0 aromatic rings. The molecule has 2 saturated carbocycles. The van der Waals surface area contributed by atoms with Crippen LogP contribution in [0.25, 0.3) is 0 Å². The minimum Gasteiger partial charge on any atom is -0.369 e. The molecule has 2 aliphatic rings. The van der Waals surface area contributed by atoms with Crippen LogP contribution in [-0.2, 0) is 4.74 Å². The predicted molar refractivity (Wildman–Crippen MR) is 41.2 cm³/mol. The molecule has 2 aliphatic carbocycles. The van der Waals surface area contributed by atoms with Gasteiger partial charge >= 0.3 is 6.18 Å². The summed E-state index contributed by atoms with van der Waals surface area (Å²) in [7, 11) is 0. The Morgan fingerprint density at radius 2 is 1.92 bits per heavy atom. The number of rotatable bonds is 2. The molecule has 0 radical (unpaired) electrons. The number of hydrogen-bond acceptors (Lipinski definition) is 1. The lowest BCUT2D eigenvalue weighted by Crippen LogP contribution is -2.27. The van der Waals surface area contributed by atoms with E-state index in [0.29, 0.717) is 11.8 Å². The molecule has 3 atom stereocenters. The van der Waals surface area contributed by atoms with Gasteiger partial charge in [-0.05, 0) is 37.5 Å². The summed E-state index contributed by atoms with van der Waals surface area (Å²) >= 11 is 0. The van der Waals surface area contributed by atoms with E-state index in [0.717, 1.165) is 19.3 Å². The van der Waals surface area contributed by atoms with Crippen LogP contribution in [0.5, 0.6) is 0 Å². The SMILES string of the molecule is FC(F)(F)COC1CC2CCC1C2. The minimum atomic E-state index is -4.16. The van der Waals surface area contributed by atoms with Crippen LogP contribution >= 0.6 is 0 Å². The van der Waals surface area contributed by atoms with Gasteiger partial charge < -0.3 is 4.74 Å². The van der Waals surface area contributed by atoms with Gasteiger partial charge in [0.15, 0.2) is 0 Å². The average Bonchev–Trinajstić information content (AvgIpc) is 2.58. The Labute approximate surface area is 75.3 Å². The molecule has 0 aromatic heterocycles. The van der Waals surface area contributed by atoms with Gasteiger partial charge in [-0.1, -0.05) is 0 Å². The van der Waals surface area contributed by atoms with Crippen LogP contribution in [0.1, 0.15) is 25.7 Å². The number of fused-ring (bicyclic) bond motifs is 2. The zero-order valence-corrected chi connectivity index (χ0v) is 7.31. The smallest absolute Gasteiger partial charge is 0.369 e. The van der Waals surface area contributed by atoms with Crippen molar-refractivity contribution in [2.45, 2.75) is 38.0 Å². The molecule has 1 nitrogen and oxygen atoms in total. The van der Waals surface area contributed by atoms with Gasteiger partial charge in [-0.2, -0.15) is 13.2 Å². The molecule has 0 aliphatic heterocycles. The fourth-order valence-electron chi connectivity index (χ4n) is 2.59.